The molecule has 0 aliphatic carbocycles. The topological polar surface area (TPSA) is 83.1 Å². The lowest BCUT2D eigenvalue weighted by atomic mass is 10.0. The van der Waals surface area contributed by atoms with Gasteiger partial charge in [0.2, 0.25) is 0 Å². The third-order valence-corrected chi connectivity index (χ3v) is 9.24. The number of benzene rings is 2. The number of morpholine rings is 1. The molecule has 0 radical (unpaired) electrons. The van der Waals surface area contributed by atoms with Crippen LogP contribution in [-0.2, 0) is 4.74 Å². The molecule has 37 heavy (non-hydrogen) atoms. The van der Waals surface area contributed by atoms with Crippen LogP contribution in [0, 0.1) is 6.92 Å². The number of aromatic nitrogens is 3. The van der Waals surface area contributed by atoms with Crippen molar-refractivity contribution in [3.63, 3.8) is 0 Å². The number of rotatable bonds is 5. The Kier molecular flexibility index (Phi) is 6.67. The molecule has 7 nitrogen and oxygen atoms in total. The zero-order valence-electron chi connectivity index (χ0n) is 20.6. The quantitative estimate of drug-likeness (QED) is 0.294. The van der Waals surface area contributed by atoms with Crippen LogP contribution in [0.5, 0.6) is 0 Å². The van der Waals surface area contributed by atoms with E-state index in [-0.39, 0.29) is 17.6 Å². The average Bonchev–Trinajstić information content (AvgIpc) is 2.92. The van der Waals surface area contributed by atoms with Gasteiger partial charge >= 0.3 is 0 Å². The monoisotopic (exact) mass is 529 g/mol. The molecule has 0 amide bonds. The fourth-order valence-corrected chi connectivity index (χ4v) is 7.25. The minimum Gasteiger partial charge on any atom is -0.377 e. The first-order valence-corrected chi connectivity index (χ1v) is 13.9. The van der Waals surface area contributed by atoms with Crippen molar-refractivity contribution < 1.29 is 4.74 Å². The summed E-state index contributed by atoms with van der Waals surface area (Å²) in [5, 5.41) is 3.58. The number of H-pyrrole nitrogens is 1. The van der Waals surface area contributed by atoms with Gasteiger partial charge in [0, 0.05) is 43.7 Å². The van der Waals surface area contributed by atoms with Crippen LogP contribution in [0.2, 0.25) is 0 Å². The zero-order valence-corrected chi connectivity index (χ0v) is 22.2. The van der Waals surface area contributed by atoms with E-state index in [4.69, 9.17) is 4.74 Å². The summed E-state index contributed by atoms with van der Waals surface area (Å²) < 4.78 is 5.90. The third-order valence-electron chi connectivity index (χ3n) is 6.63. The maximum absolute atomic E-state index is 12.6. The highest BCUT2D eigenvalue weighted by Crippen LogP contribution is 2.52. The summed E-state index contributed by atoms with van der Waals surface area (Å²) in [6, 6.07) is 18.8. The second-order valence-corrected chi connectivity index (χ2v) is 11.3. The fourth-order valence-electron chi connectivity index (χ4n) is 4.80. The van der Waals surface area contributed by atoms with Crippen LogP contribution in [-0.4, -0.2) is 34.7 Å². The average molecular weight is 530 g/mol. The molecule has 0 saturated carbocycles. The van der Waals surface area contributed by atoms with Crippen molar-refractivity contribution in [2.45, 2.75) is 45.5 Å². The molecule has 9 heteroatoms. The lowest BCUT2D eigenvalue weighted by molar-refractivity contribution is 0.0932. The van der Waals surface area contributed by atoms with Gasteiger partial charge in [-0.3, -0.25) is 4.79 Å². The largest absolute Gasteiger partial charge is 0.377 e. The van der Waals surface area contributed by atoms with Crippen LogP contribution in [0.25, 0.3) is 0 Å². The maximum Gasteiger partial charge on any atom is 0.271 e. The van der Waals surface area contributed by atoms with E-state index in [9.17, 15) is 4.79 Å². The Hall–Kier alpha value is -3.27. The first-order valence-electron chi connectivity index (χ1n) is 12.3. The number of ether oxygens (including phenoxy) is 1. The second kappa shape index (κ2) is 10.2. The summed E-state index contributed by atoms with van der Waals surface area (Å²) in [6.07, 6.45) is 3.29. The molecule has 2 aromatic heterocycles. The van der Waals surface area contributed by atoms with Gasteiger partial charge in [0.15, 0.2) is 0 Å². The number of fused-ring (bicyclic) bond motifs is 2. The smallest absolute Gasteiger partial charge is 0.271 e. The Morgan fingerprint density at radius 2 is 2.00 bits per heavy atom. The highest BCUT2D eigenvalue weighted by atomic mass is 32.2. The number of hydrogen-bond donors (Lipinski definition) is 2. The molecule has 1 saturated heterocycles. The molecule has 0 spiro atoms. The Labute approximate surface area is 224 Å². The summed E-state index contributed by atoms with van der Waals surface area (Å²) in [4.78, 5) is 31.1. The minimum atomic E-state index is -0.0713. The van der Waals surface area contributed by atoms with Crippen molar-refractivity contribution in [2.24, 2.45) is 0 Å². The van der Waals surface area contributed by atoms with E-state index < -0.39 is 0 Å². The van der Waals surface area contributed by atoms with E-state index in [0.717, 1.165) is 17.1 Å². The van der Waals surface area contributed by atoms with Crippen molar-refractivity contribution in [3.05, 3.63) is 94.4 Å². The van der Waals surface area contributed by atoms with Crippen LogP contribution in [0.1, 0.15) is 36.0 Å². The van der Waals surface area contributed by atoms with E-state index in [1.165, 1.54) is 25.1 Å². The van der Waals surface area contributed by atoms with Gasteiger partial charge < -0.3 is 19.9 Å². The molecule has 2 aliphatic rings. The van der Waals surface area contributed by atoms with Gasteiger partial charge in [0.25, 0.3) is 5.56 Å². The van der Waals surface area contributed by atoms with Gasteiger partial charge in [-0.15, -0.1) is 0 Å². The molecule has 2 aliphatic heterocycles. The molecule has 1 fully saturated rings. The second-order valence-electron chi connectivity index (χ2n) is 9.16. The Morgan fingerprint density at radius 1 is 1.08 bits per heavy atom. The zero-order chi connectivity index (χ0) is 25.4. The predicted molar refractivity (Wildman–Crippen MR) is 148 cm³/mol. The molecule has 188 valence electrons. The molecule has 4 heterocycles. The van der Waals surface area contributed by atoms with Gasteiger partial charge in [-0.1, -0.05) is 35.7 Å². The number of nitrogens with zero attached hydrogens (tertiary/aromatic N) is 3. The molecule has 2 unspecified atom stereocenters. The number of aromatic amines is 1. The third kappa shape index (κ3) is 4.86. The number of nitrogens with one attached hydrogen (secondary N) is 2. The molecule has 6 rings (SSSR count). The summed E-state index contributed by atoms with van der Waals surface area (Å²) in [6.45, 7) is 5.92. The Balaban J connectivity index is 1.28. The minimum absolute atomic E-state index is 0.0278. The fraction of sp³-hybridized carbons (Fsp3) is 0.250. The molecule has 4 aromatic rings. The predicted octanol–water partition coefficient (Wildman–Crippen LogP) is 5.84. The lowest BCUT2D eigenvalue weighted by Gasteiger charge is -2.38. The van der Waals surface area contributed by atoms with Gasteiger partial charge in [0.05, 0.1) is 31.0 Å². The molecule has 0 bridgehead atoms. The number of hydrogen-bond acceptors (Lipinski definition) is 8. The SMILES string of the molecule is Cc1cc(C(C)Nc2ccc3c(c2)Sc2cccc(C4COCCN4c4ccc[nH]c4=O)c2S3)ncn1. The van der Waals surface area contributed by atoms with Crippen LogP contribution in [0.15, 0.2) is 91.5 Å². The van der Waals surface area contributed by atoms with Crippen LogP contribution < -0.4 is 15.8 Å². The van der Waals surface area contributed by atoms with E-state index in [1.807, 2.05) is 25.1 Å². The molecule has 2 atom stereocenters. The normalized spacial score (nSPS) is 17.6. The summed E-state index contributed by atoms with van der Waals surface area (Å²) >= 11 is 3.58. The van der Waals surface area contributed by atoms with E-state index in [1.54, 1.807) is 36.0 Å². The van der Waals surface area contributed by atoms with E-state index >= 15 is 0 Å². The lowest BCUT2D eigenvalue weighted by Crippen LogP contribution is -2.42. The maximum atomic E-state index is 12.6. The van der Waals surface area contributed by atoms with Crippen molar-refractivity contribution in [3.8, 4) is 0 Å². The van der Waals surface area contributed by atoms with Gasteiger partial charge in [0.1, 0.15) is 12.0 Å². The van der Waals surface area contributed by atoms with Crippen molar-refractivity contribution >= 4 is 34.9 Å². The standard InChI is InChI=1S/C28H27N5O2S2/c1-17-13-21(31-16-30-17)18(2)32-19-8-9-24-26(14-19)36-25-7-3-5-20(27(25)37-24)23-15-35-12-11-33(23)22-6-4-10-29-28(22)34/h3-10,13-14,16,18,23,32H,11-12,15H2,1-2H3,(H,29,34). The van der Waals surface area contributed by atoms with Gasteiger partial charge in [-0.2, -0.15) is 0 Å². The Morgan fingerprint density at radius 3 is 2.86 bits per heavy atom. The van der Waals surface area contributed by atoms with Crippen molar-refractivity contribution in [1.29, 1.82) is 0 Å². The van der Waals surface area contributed by atoms with Gasteiger partial charge in [-0.25, -0.2) is 9.97 Å². The Bertz CT molecular complexity index is 1510. The molecule has 2 N–H and O–H groups in total. The molecular formula is C28H27N5O2S2. The molecule has 2 aromatic carbocycles. The summed E-state index contributed by atoms with van der Waals surface area (Å²) in [5.74, 6) is 0. The first kappa shape index (κ1) is 24.1. The highest BCUT2D eigenvalue weighted by molar-refractivity contribution is 8.05. The summed E-state index contributed by atoms with van der Waals surface area (Å²) in [5.41, 5.74) is 4.80. The van der Waals surface area contributed by atoms with Crippen LogP contribution in [0.4, 0.5) is 11.4 Å². The van der Waals surface area contributed by atoms with Gasteiger partial charge in [-0.05, 0) is 61.9 Å². The number of anilines is 2. The summed E-state index contributed by atoms with van der Waals surface area (Å²) in [7, 11) is 0. The highest BCUT2D eigenvalue weighted by Gasteiger charge is 2.31. The van der Waals surface area contributed by atoms with Crippen LogP contribution in [0.3, 0.4) is 0 Å². The number of pyridine rings is 1. The van der Waals surface area contributed by atoms with E-state index in [0.29, 0.717) is 25.4 Å². The first-order chi connectivity index (χ1) is 18.1. The van der Waals surface area contributed by atoms with Crippen molar-refractivity contribution in [2.75, 3.05) is 30.0 Å². The van der Waals surface area contributed by atoms with E-state index in [2.05, 4.69) is 68.5 Å². The number of aryl methyl sites for hydroxylation is 1. The molecular weight excluding hydrogens is 502 g/mol. The van der Waals surface area contributed by atoms with Crippen molar-refractivity contribution in [1.82, 2.24) is 15.0 Å². The van der Waals surface area contributed by atoms with Crippen LogP contribution >= 0.6 is 23.5 Å².